The number of nitro benzene ring substituents is 1. The predicted molar refractivity (Wildman–Crippen MR) is 178 cm³/mol. The normalized spacial score (nSPS) is 13.9. The molecule has 0 spiro atoms. The van der Waals surface area contributed by atoms with Crippen LogP contribution in [0, 0.1) is 17.0 Å². The third-order valence-corrected chi connectivity index (χ3v) is 10.2. The molecule has 3 aromatic carbocycles. The van der Waals surface area contributed by atoms with E-state index in [1.807, 2.05) is 0 Å². The lowest BCUT2D eigenvalue weighted by Gasteiger charge is -2.34. The van der Waals surface area contributed by atoms with Crippen LogP contribution in [-0.4, -0.2) is 62.9 Å². The van der Waals surface area contributed by atoms with E-state index in [1.165, 1.54) is 56.4 Å². The first-order valence-electron chi connectivity index (χ1n) is 15.2. The molecule has 3 aromatic rings. The van der Waals surface area contributed by atoms with Crippen LogP contribution >= 0.6 is 11.6 Å². The molecule has 252 valence electrons. The molecular weight excluding hydrogens is 648 g/mol. The number of hydrogen-bond donors (Lipinski definition) is 1. The molecule has 1 unspecified atom stereocenters. The van der Waals surface area contributed by atoms with Crippen molar-refractivity contribution in [3.8, 4) is 11.5 Å². The zero-order valence-corrected chi connectivity index (χ0v) is 28.3. The predicted octanol–water partition coefficient (Wildman–Crippen LogP) is 5.64. The summed E-state index contributed by atoms with van der Waals surface area (Å²) in [4.78, 5) is 40.1. The summed E-state index contributed by atoms with van der Waals surface area (Å²) in [6.45, 7) is 2.52. The molecule has 0 radical (unpaired) electrons. The van der Waals surface area contributed by atoms with Gasteiger partial charge < -0.3 is 19.7 Å². The molecule has 4 rings (SSSR count). The number of nitrogens with zero attached hydrogens (tertiary/aromatic N) is 3. The molecule has 0 bridgehead atoms. The highest BCUT2D eigenvalue weighted by molar-refractivity contribution is 7.92. The second kappa shape index (κ2) is 15.5. The van der Waals surface area contributed by atoms with Crippen LogP contribution in [0.5, 0.6) is 11.5 Å². The van der Waals surface area contributed by atoms with Crippen LogP contribution < -0.4 is 19.1 Å². The molecule has 1 aliphatic rings. The molecular formula is C33H39ClN4O8S. The van der Waals surface area contributed by atoms with Crippen molar-refractivity contribution < 1.29 is 32.4 Å². The first-order valence-corrected chi connectivity index (χ1v) is 17.1. The third kappa shape index (κ3) is 8.33. The summed E-state index contributed by atoms with van der Waals surface area (Å²) < 4.78 is 40.2. The maximum atomic E-state index is 14.4. The van der Waals surface area contributed by atoms with Crippen molar-refractivity contribution in [3.63, 3.8) is 0 Å². The number of rotatable bonds is 14. The zero-order valence-electron chi connectivity index (χ0n) is 26.8. The van der Waals surface area contributed by atoms with Gasteiger partial charge in [0, 0.05) is 29.2 Å². The topological polar surface area (TPSA) is 148 Å². The molecule has 0 aromatic heterocycles. The number of nitrogens with one attached hydrogen (secondary N) is 1. The van der Waals surface area contributed by atoms with Crippen LogP contribution in [0.15, 0.2) is 65.6 Å². The van der Waals surface area contributed by atoms with E-state index in [0.29, 0.717) is 11.3 Å². The van der Waals surface area contributed by atoms with E-state index < -0.39 is 44.0 Å². The van der Waals surface area contributed by atoms with Crippen molar-refractivity contribution in [2.24, 2.45) is 0 Å². The molecule has 2 amide bonds. The van der Waals surface area contributed by atoms with Crippen LogP contribution in [0.25, 0.3) is 0 Å². The highest BCUT2D eigenvalue weighted by atomic mass is 35.5. The van der Waals surface area contributed by atoms with Crippen molar-refractivity contribution in [2.75, 3.05) is 25.1 Å². The SMILES string of the molecule is CCC(C(=O)NC1CCCC1)N(Cc1ccc(OC)cc1)C(=O)CN(c1cc(Cl)ccc1OC)S(=O)(=O)c1ccc(C)c([N+](=O)[O-])c1. The summed E-state index contributed by atoms with van der Waals surface area (Å²) in [6.07, 6.45) is 3.96. The smallest absolute Gasteiger partial charge is 0.273 e. The Kier molecular flexibility index (Phi) is 11.7. The molecule has 0 aliphatic heterocycles. The Labute approximate surface area is 279 Å². The summed E-state index contributed by atoms with van der Waals surface area (Å²) in [6, 6.07) is 13.9. The Morgan fingerprint density at radius 2 is 1.72 bits per heavy atom. The summed E-state index contributed by atoms with van der Waals surface area (Å²) in [5, 5.41) is 15.0. The fraction of sp³-hybridized carbons (Fsp3) is 0.394. The molecule has 0 heterocycles. The summed E-state index contributed by atoms with van der Waals surface area (Å²) in [7, 11) is -1.76. The van der Waals surface area contributed by atoms with Gasteiger partial charge in [-0.3, -0.25) is 24.0 Å². The van der Waals surface area contributed by atoms with Gasteiger partial charge in [-0.1, -0.05) is 49.6 Å². The first kappa shape index (κ1) is 35.5. The average molecular weight is 687 g/mol. The molecule has 1 aliphatic carbocycles. The van der Waals surface area contributed by atoms with Crippen molar-refractivity contribution >= 4 is 44.8 Å². The number of ether oxygens (including phenoxy) is 2. The number of methoxy groups -OCH3 is 2. The van der Waals surface area contributed by atoms with Crippen molar-refractivity contribution in [1.82, 2.24) is 10.2 Å². The minimum Gasteiger partial charge on any atom is -0.497 e. The van der Waals surface area contributed by atoms with Gasteiger partial charge in [-0.15, -0.1) is 0 Å². The maximum Gasteiger partial charge on any atom is 0.273 e. The Bertz CT molecular complexity index is 1710. The minimum absolute atomic E-state index is 0.000542. The van der Waals surface area contributed by atoms with Gasteiger partial charge in [0.15, 0.2) is 0 Å². The van der Waals surface area contributed by atoms with Gasteiger partial charge in [0.1, 0.15) is 24.1 Å². The molecule has 1 atom stereocenters. The van der Waals surface area contributed by atoms with Crippen LogP contribution in [0.2, 0.25) is 5.02 Å². The number of halogens is 1. The monoisotopic (exact) mass is 686 g/mol. The lowest BCUT2D eigenvalue weighted by atomic mass is 10.1. The van der Waals surface area contributed by atoms with E-state index in [2.05, 4.69) is 5.32 Å². The summed E-state index contributed by atoms with van der Waals surface area (Å²) in [5.41, 5.74) is 0.507. The van der Waals surface area contributed by atoms with Crippen LogP contribution in [-0.2, 0) is 26.2 Å². The van der Waals surface area contributed by atoms with Gasteiger partial charge in [0.2, 0.25) is 11.8 Å². The lowest BCUT2D eigenvalue weighted by Crippen LogP contribution is -2.53. The standard InChI is InChI=1S/C33H39ClN4O8S/c1-5-28(33(40)35-25-8-6-7-9-25)36(20-23-11-14-26(45-3)15-12-23)32(39)21-37(30-18-24(34)13-17-31(30)46-4)47(43,44)27-16-10-22(2)29(19-27)38(41)42/h10-19,25,28H,5-9,20-21H2,1-4H3,(H,35,40). The van der Waals surface area contributed by atoms with Gasteiger partial charge in [-0.05, 0) is 68.1 Å². The van der Waals surface area contributed by atoms with Crippen molar-refractivity contribution in [1.29, 1.82) is 0 Å². The number of carbonyl (C=O) groups is 2. The number of anilines is 1. The van der Waals surface area contributed by atoms with Gasteiger partial charge in [-0.2, -0.15) is 0 Å². The Hall–Kier alpha value is -4.36. The number of amides is 2. The van der Waals surface area contributed by atoms with E-state index in [-0.39, 0.29) is 46.9 Å². The molecule has 1 N–H and O–H groups in total. The summed E-state index contributed by atoms with van der Waals surface area (Å²) >= 11 is 6.30. The van der Waals surface area contributed by atoms with E-state index in [9.17, 15) is 28.1 Å². The van der Waals surface area contributed by atoms with Gasteiger partial charge in [0.25, 0.3) is 15.7 Å². The van der Waals surface area contributed by atoms with E-state index in [4.69, 9.17) is 21.1 Å². The van der Waals surface area contributed by atoms with Crippen molar-refractivity contribution in [3.05, 3.63) is 86.9 Å². The van der Waals surface area contributed by atoms with E-state index in [1.54, 1.807) is 31.2 Å². The number of benzene rings is 3. The Balaban J connectivity index is 1.81. The summed E-state index contributed by atoms with van der Waals surface area (Å²) in [5.74, 6) is -0.304. The van der Waals surface area contributed by atoms with Crippen LogP contribution in [0.1, 0.15) is 50.2 Å². The van der Waals surface area contributed by atoms with Gasteiger partial charge in [-0.25, -0.2) is 8.42 Å². The van der Waals surface area contributed by atoms with Crippen LogP contribution in [0.4, 0.5) is 11.4 Å². The molecule has 47 heavy (non-hydrogen) atoms. The first-order chi connectivity index (χ1) is 22.4. The number of sulfonamides is 1. The number of hydrogen-bond acceptors (Lipinski definition) is 8. The number of nitro groups is 1. The van der Waals surface area contributed by atoms with Crippen LogP contribution in [0.3, 0.4) is 0 Å². The fourth-order valence-corrected chi connectivity index (χ4v) is 7.26. The quantitative estimate of drug-likeness (QED) is 0.169. The average Bonchev–Trinajstić information content (AvgIpc) is 3.56. The maximum absolute atomic E-state index is 14.4. The highest BCUT2D eigenvalue weighted by Crippen LogP contribution is 2.36. The molecule has 0 saturated heterocycles. The number of aryl methyl sites for hydroxylation is 1. The molecule has 14 heteroatoms. The molecule has 12 nitrogen and oxygen atoms in total. The van der Waals surface area contributed by atoms with Gasteiger partial charge in [0.05, 0.1) is 29.7 Å². The molecule has 1 fully saturated rings. The van der Waals surface area contributed by atoms with E-state index >= 15 is 0 Å². The highest BCUT2D eigenvalue weighted by Gasteiger charge is 2.36. The third-order valence-electron chi connectivity index (χ3n) is 8.25. The molecule has 1 saturated carbocycles. The second-order valence-corrected chi connectivity index (χ2v) is 13.6. The van der Waals surface area contributed by atoms with Crippen molar-refractivity contribution in [2.45, 2.75) is 69.5 Å². The largest absolute Gasteiger partial charge is 0.497 e. The lowest BCUT2D eigenvalue weighted by molar-refractivity contribution is -0.385. The minimum atomic E-state index is -4.63. The van der Waals surface area contributed by atoms with Gasteiger partial charge >= 0.3 is 0 Å². The Morgan fingerprint density at radius 3 is 2.32 bits per heavy atom. The fourth-order valence-electron chi connectivity index (χ4n) is 5.66. The van der Waals surface area contributed by atoms with E-state index in [0.717, 1.165) is 36.1 Å². The second-order valence-electron chi connectivity index (χ2n) is 11.3. The Morgan fingerprint density at radius 1 is 1.04 bits per heavy atom. The zero-order chi connectivity index (χ0) is 34.3. The number of carbonyl (C=O) groups excluding carboxylic acids is 2.